The molecule has 0 radical (unpaired) electrons. The molecule has 0 spiro atoms. The smallest absolute Gasteiger partial charge is 0.336 e. The third-order valence-electron chi connectivity index (χ3n) is 3.49. The minimum Gasteiger partial charge on any atom is -0.478 e. The number of anilines is 1. The van der Waals surface area contributed by atoms with E-state index in [1.54, 1.807) is 36.7 Å². The first-order valence-electron chi connectivity index (χ1n) is 7.29. The van der Waals surface area contributed by atoms with Crippen LogP contribution in [0.15, 0.2) is 48.8 Å². The first-order valence-corrected chi connectivity index (χ1v) is 9.18. The second-order valence-electron chi connectivity index (χ2n) is 5.46. The fourth-order valence-electron chi connectivity index (χ4n) is 2.48. The van der Waals surface area contributed by atoms with Crippen molar-refractivity contribution in [3.05, 3.63) is 59.9 Å². The number of aromatic amines is 1. The summed E-state index contributed by atoms with van der Waals surface area (Å²) < 4.78 is 25.1. The van der Waals surface area contributed by atoms with Crippen LogP contribution in [0.5, 0.6) is 0 Å². The number of aliphatic carboxylic acids is 1. The van der Waals surface area contributed by atoms with Crippen molar-refractivity contribution < 1.29 is 18.3 Å². The minimum absolute atomic E-state index is 0.0434. The molecule has 0 saturated heterocycles. The van der Waals surface area contributed by atoms with E-state index in [2.05, 4.69) is 14.7 Å². The van der Waals surface area contributed by atoms with Gasteiger partial charge in [-0.25, -0.2) is 18.2 Å². The molecule has 0 bridgehead atoms. The van der Waals surface area contributed by atoms with Crippen LogP contribution in [0.1, 0.15) is 11.1 Å². The summed E-state index contributed by atoms with van der Waals surface area (Å²) >= 11 is 0. The van der Waals surface area contributed by atoms with E-state index in [4.69, 9.17) is 0 Å². The molecule has 2 aromatic heterocycles. The predicted octanol–water partition coefficient (Wildman–Crippen LogP) is 2.56. The second kappa shape index (κ2) is 6.40. The Hall–Kier alpha value is -3.13. The van der Waals surface area contributed by atoms with E-state index in [-0.39, 0.29) is 5.57 Å². The van der Waals surface area contributed by atoms with Crippen LogP contribution in [-0.4, -0.2) is 35.7 Å². The number of hydrogen-bond donors (Lipinski definition) is 3. The highest BCUT2D eigenvalue weighted by atomic mass is 32.2. The van der Waals surface area contributed by atoms with Crippen molar-refractivity contribution >= 4 is 44.4 Å². The number of hydrogen-bond acceptors (Lipinski definition) is 4. The van der Waals surface area contributed by atoms with Crippen molar-refractivity contribution in [2.75, 3.05) is 11.0 Å². The van der Waals surface area contributed by atoms with Gasteiger partial charge in [-0.05, 0) is 35.9 Å². The van der Waals surface area contributed by atoms with E-state index in [1.165, 1.54) is 12.1 Å². The van der Waals surface area contributed by atoms with Gasteiger partial charge in [0.05, 0.1) is 11.8 Å². The third-order valence-corrected chi connectivity index (χ3v) is 4.10. The molecule has 2 heterocycles. The largest absolute Gasteiger partial charge is 0.478 e. The maximum Gasteiger partial charge on any atom is 0.336 e. The number of carbonyl (C=O) groups is 1. The Morgan fingerprint density at radius 1 is 1.28 bits per heavy atom. The molecule has 0 unspecified atom stereocenters. The lowest BCUT2D eigenvalue weighted by molar-refractivity contribution is -0.130. The Balaban J connectivity index is 2.08. The Morgan fingerprint density at radius 2 is 2.08 bits per heavy atom. The molecule has 8 heteroatoms. The lowest BCUT2D eigenvalue weighted by atomic mass is 10.0. The van der Waals surface area contributed by atoms with Gasteiger partial charge >= 0.3 is 5.97 Å². The molecule has 3 aromatic rings. The van der Waals surface area contributed by atoms with Gasteiger partial charge in [-0.3, -0.25) is 4.72 Å². The van der Waals surface area contributed by atoms with Crippen molar-refractivity contribution in [3.8, 4) is 0 Å². The number of nitrogens with one attached hydrogen (secondary N) is 2. The van der Waals surface area contributed by atoms with Crippen LogP contribution in [0.2, 0.25) is 0 Å². The zero-order valence-corrected chi connectivity index (χ0v) is 14.0. The monoisotopic (exact) mass is 357 g/mol. The summed E-state index contributed by atoms with van der Waals surface area (Å²) in [6.45, 7) is 0. The average Bonchev–Trinajstić information content (AvgIpc) is 2.94. The minimum atomic E-state index is -3.45. The summed E-state index contributed by atoms with van der Waals surface area (Å²) in [5.74, 6) is -1.12. The first kappa shape index (κ1) is 16.7. The third kappa shape index (κ3) is 3.86. The molecule has 0 aliphatic heterocycles. The molecule has 0 amide bonds. The number of H-pyrrole nitrogens is 1. The number of sulfonamides is 1. The van der Waals surface area contributed by atoms with Gasteiger partial charge in [-0.2, -0.15) is 0 Å². The summed E-state index contributed by atoms with van der Waals surface area (Å²) in [5.41, 5.74) is 2.07. The van der Waals surface area contributed by atoms with Crippen LogP contribution >= 0.6 is 0 Å². The molecule has 1 aromatic carbocycles. The quantitative estimate of drug-likeness (QED) is 0.608. The van der Waals surface area contributed by atoms with Crippen molar-refractivity contribution in [1.29, 1.82) is 0 Å². The van der Waals surface area contributed by atoms with Gasteiger partial charge in [0.25, 0.3) is 0 Å². The van der Waals surface area contributed by atoms with Crippen LogP contribution in [-0.2, 0) is 14.8 Å². The molecule has 3 N–H and O–H groups in total. The molecular formula is C17H15N3O4S. The van der Waals surface area contributed by atoms with E-state index >= 15 is 0 Å². The maximum absolute atomic E-state index is 11.7. The van der Waals surface area contributed by atoms with Crippen molar-refractivity contribution in [2.45, 2.75) is 0 Å². The lowest BCUT2D eigenvalue weighted by Crippen LogP contribution is -2.10. The molecule has 0 atom stereocenters. The number of rotatable bonds is 5. The summed E-state index contributed by atoms with van der Waals surface area (Å²) in [6, 6.07) is 9.85. The Labute approximate surface area is 144 Å². The number of aromatic nitrogens is 2. The van der Waals surface area contributed by atoms with E-state index in [1.807, 2.05) is 6.07 Å². The SMILES string of the molecule is CS(=O)(=O)Nc1cccc(C(=Cc2c[nH]c3ncccc23)C(=O)O)c1. The van der Waals surface area contributed by atoms with Crippen LogP contribution < -0.4 is 4.72 Å². The Bertz CT molecular complexity index is 1080. The van der Waals surface area contributed by atoms with E-state index in [0.29, 0.717) is 22.5 Å². The topological polar surface area (TPSA) is 112 Å². The number of carboxylic acid groups (broad SMARTS) is 1. The fourth-order valence-corrected chi connectivity index (χ4v) is 3.04. The molecule has 7 nitrogen and oxygen atoms in total. The van der Waals surface area contributed by atoms with Crippen LogP contribution in [0.3, 0.4) is 0 Å². The van der Waals surface area contributed by atoms with Crippen LogP contribution in [0.4, 0.5) is 5.69 Å². The molecule has 0 aliphatic carbocycles. The normalized spacial score (nSPS) is 12.3. The highest BCUT2D eigenvalue weighted by Crippen LogP contribution is 2.25. The van der Waals surface area contributed by atoms with Gasteiger partial charge in [0.2, 0.25) is 10.0 Å². The van der Waals surface area contributed by atoms with Crippen molar-refractivity contribution in [2.24, 2.45) is 0 Å². The summed E-state index contributed by atoms with van der Waals surface area (Å²) in [6.07, 6.45) is 5.89. The summed E-state index contributed by atoms with van der Waals surface area (Å²) in [5, 5.41) is 10.4. The highest BCUT2D eigenvalue weighted by molar-refractivity contribution is 7.92. The number of nitrogens with zero attached hydrogens (tertiary/aromatic N) is 1. The molecular weight excluding hydrogens is 342 g/mol. The predicted molar refractivity (Wildman–Crippen MR) is 96.5 cm³/mol. The zero-order chi connectivity index (χ0) is 18.0. The summed E-state index contributed by atoms with van der Waals surface area (Å²) in [7, 11) is -3.45. The lowest BCUT2D eigenvalue weighted by Gasteiger charge is -2.07. The number of benzene rings is 1. The molecule has 128 valence electrons. The van der Waals surface area contributed by atoms with Gasteiger partial charge in [-0.15, -0.1) is 0 Å². The number of carboxylic acids is 1. The zero-order valence-electron chi connectivity index (χ0n) is 13.2. The molecule has 25 heavy (non-hydrogen) atoms. The van der Waals surface area contributed by atoms with E-state index in [0.717, 1.165) is 11.6 Å². The average molecular weight is 357 g/mol. The molecule has 3 rings (SSSR count). The van der Waals surface area contributed by atoms with E-state index < -0.39 is 16.0 Å². The Morgan fingerprint density at radius 3 is 2.80 bits per heavy atom. The summed E-state index contributed by atoms with van der Waals surface area (Å²) in [4.78, 5) is 18.9. The molecule has 0 fully saturated rings. The second-order valence-corrected chi connectivity index (χ2v) is 7.21. The van der Waals surface area contributed by atoms with Gasteiger partial charge in [-0.1, -0.05) is 12.1 Å². The van der Waals surface area contributed by atoms with Crippen molar-refractivity contribution in [3.63, 3.8) is 0 Å². The maximum atomic E-state index is 11.7. The fraction of sp³-hybridized carbons (Fsp3) is 0.0588. The molecule has 0 aliphatic rings. The Kier molecular flexibility index (Phi) is 4.28. The number of fused-ring (bicyclic) bond motifs is 1. The van der Waals surface area contributed by atoms with Gasteiger partial charge in [0, 0.05) is 29.0 Å². The van der Waals surface area contributed by atoms with Gasteiger partial charge < -0.3 is 10.1 Å². The van der Waals surface area contributed by atoms with E-state index in [9.17, 15) is 18.3 Å². The molecule has 0 saturated carbocycles. The van der Waals surface area contributed by atoms with Gasteiger partial charge in [0.1, 0.15) is 5.65 Å². The first-order chi connectivity index (χ1) is 11.8. The van der Waals surface area contributed by atoms with Crippen molar-refractivity contribution in [1.82, 2.24) is 9.97 Å². The van der Waals surface area contributed by atoms with Crippen LogP contribution in [0.25, 0.3) is 22.7 Å². The standard InChI is InChI=1S/C17H15N3O4S/c1-25(23,24)20-13-5-2-4-11(8-13)15(17(21)22)9-12-10-19-16-14(12)6-3-7-18-16/h2-10,20H,1H3,(H,18,19)(H,21,22). The van der Waals surface area contributed by atoms with Gasteiger partial charge in [0.15, 0.2) is 0 Å². The highest BCUT2D eigenvalue weighted by Gasteiger charge is 2.13. The van der Waals surface area contributed by atoms with Crippen LogP contribution in [0, 0.1) is 0 Å². The number of pyridine rings is 1.